The van der Waals surface area contributed by atoms with Crippen molar-refractivity contribution in [2.24, 2.45) is 0 Å². The third-order valence-corrected chi connectivity index (χ3v) is 5.86. The van der Waals surface area contributed by atoms with Crippen LogP contribution < -0.4 is 9.46 Å². The van der Waals surface area contributed by atoms with Crippen LogP contribution in [0.25, 0.3) is 0 Å². The van der Waals surface area contributed by atoms with E-state index in [1.54, 1.807) is 4.90 Å². The van der Waals surface area contributed by atoms with Gasteiger partial charge in [0, 0.05) is 18.1 Å². The molecule has 0 radical (unpaired) electrons. The van der Waals surface area contributed by atoms with Crippen LogP contribution in [0, 0.1) is 0 Å². The summed E-state index contributed by atoms with van der Waals surface area (Å²) in [5, 5.41) is 0. The average Bonchev–Trinajstić information content (AvgIpc) is 3.41. The molecule has 1 saturated carbocycles. The molecule has 0 bridgehead atoms. The number of sulfonamides is 1. The number of carbonyl (C=O) groups excluding carboxylic acids is 2. The van der Waals surface area contributed by atoms with Crippen LogP contribution in [0.15, 0.2) is 23.1 Å². The maximum Gasteiger partial charge on any atom is 0.338 e. The monoisotopic (exact) mass is 412 g/mol. The molecule has 1 aromatic rings. The lowest BCUT2D eigenvalue weighted by atomic mass is 10.2. The van der Waals surface area contributed by atoms with E-state index in [1.165, 1.54) is 25.3 Å². The molecule has 0 spiro atoms. The van der Waals surface area contributed by atoms with Crippen LogP contribution in [0.1, 0.15) is 50.9 Å². The molecule has 8 nitrogen and oxygen atoms in total. The Morgan fingerprint density at radius 3 is 2.29 bits per heavy atom. The molecule has 156 valence electrons. The fourth-order valence-electron chi connectivity index (χ4n) is 2.96. The molecule has 0 aromatic heterocycles. The van der Waals surface area contributed by atoms with E-state index in [0.29, 0.717) is 0 Å². The van der Waals surface area contributed by atoms with E-state index < -0.39 is 22.6 Å². The minimum absolute atomic E-state index is 0.0302. The van der Waals surface area contributed by atoms with Gasteiger partial charge in [-0.05, 0) is 58.7 Å². The molecule has 1 fully saturated rings. The average molecular weight is 413 g/mol. The van der Waals surface area contributed by atoms with Gasteiger partial charge in [-0.2, -0.15) is 0 Å². The number of methoxy groups -OCH3 is 1. The molecule has 28 heavy (non-hydrogen) atoms. The van der Waals surface area contributed by atoms with Gasteiger partial charge in [0.1, 0.15) is 10.6 Å². The van der Waals surface area contributed by atoms with Crippen molar-refractivity contribution in [3.63, 3.8) is 0 Å². The number of amides is 1. The molecule has 1 aliphatic carbocycles. The van der Waals surface area contributed by atoms with Crippen LogP contribution in [0.4, 0.5) is 0 Å². The van der Waals surface area contributed by atoms with Crippen LogP contribution >= 0.6 is 0 Å². The van der Waals surface area contributed by atoms with Crippen LogP contribution in [0.2, 0.25) is 0 Å². The summed E-state index contributed by atoms with van der Waals surface area (Å²) < 4.78 is 37.9. The van der Waals surface area contributed by atoms with E-state index in [-0.39, 0.29) is 40.2 Å². The van der Waals surface area contributed by atoms with E-state index in [1.807, 2.05) is 27.7 Å². The Morgan fingerprint density at radius 1 is 1.18 bits per heavy atom. The Labute approximate surface area is 166 Å². The molecule has 1 N–H and O–H groups in total. The highest BCUT2D eigenvalue weighted by Gasteiger charge is 2.30. The highest BCUT2D eigenvalue weighted by atomic mass is 32.2. The first-order valence-corrected chi connectivity index (χ1v) is 10.7. The molecule has 0 unspecified atom stereocenters. The number of rotatable bonds is 9. The van der Waals surface area contributed by atoms with Gasteiger partial charge in [0.15, 0.2) is 6.61 Å². The van der Waals surface area contributed by atoms with Gasteiger partial charge in [0.25, 0.3) is 5.91 Å². The number of hydrogen-bond acceptors (Lipinski definition) is 6. The highest BCUT2D eigenvalue weighted by Crippen LogP contribution is 2.28. The van der Waals surface area contributed by atoms with Gasteiger partial charge in [0.05, 0.1) is 12.7 Å². The maximum atomic E-state index is 12.5. The number of hydrogen-bond donors (Lipinski definition) is 1. The number of carbonyl (C=O) groups is 2. The van der Waals surface area contributed by atoms with Crippen molar-refractivity contribution in [2.45, 2.75) is 63.6 Å². The van der Waals surface area contributed by atoms with E-state index in [2.05, 4.69) is 4.72 Å². The summed E-state index contributed by atoms with van der Waals surface area (Å²) in [5.74, 6) is -0.951. The molecule has 0 heterocycles. The molecular weight excluding hydrogens is 384 g/mol. The van der Waals surface area contributed by atoms with Crippen LogP contribution in [-0.4, -0.2) is 57.0 Å². The van der Waals surface area contributed by atoms with Gasteiger partial charge >= 0.3 is 5.97 Å². The molecule has 1 aromatic carbocycles. The number of benzene rings is 1. The Balaban J connectivity index is 2.15. The summed E-state index contributed by atoms with van der Waals surface area (Å²) in [7, 11) is -2.47. The number of esters is 1. The van der Waals surface area contributed by atoms with Crippen LogP contribution in [-0.2, 0) is 19.6 Å². The molecule has 0 atom stereocenters. The van der Waals surface area contributed by atoms with Crippen molar-refractivity contribution in [1.82, 2.24) is 9.62 Å². The van der Waals surface area contributed by atoms with E-state index in [4.69, 9.17) is 9.47 Å². The second kappa shape index (κ2) is 8.91. The molecule has 0 saturated heterocycles. The summed E-state index contributed by atoms with van der Waals surface area (Å²) >= 11 is 0. The number of nitrogens with zero attached hydrogens (tertiary/aromatic N) is 1. The first kappa shape index (κ1) is 22.2. The normalized spacial score (nSPS) is 14.2. The van der Waals surface area contributed by atoms with Gasteiger partial charge in [-0.15, -0.1) is 0 Å². The van der Waals surface area contributed by atoms with Gasteiger partial charge in [-0.25, -0.2) is 17.9 Å². The van der Waals surface area contributed by atoms with E-state index in [9.17, 15) is 18.0 Å². The second-order valence-electron chi connectivity index (χ2n) is 7.33. The first-order chi connectivity index (χ1) is 13.1. The van der Waals surface area contributed by atoms with Gasteiger partial charge in [-0.1, -0.05) is 0 Å². The van der Waals surface area contributed by atoms with E-state index >= 15 is 0 Å². The smallest absolute Gasteiger partial charge is 0.338 e. The molecule has 0 aliphatic heterocycles. The number of nitrogens with one attached hydrogen (secondary N) is 1. The van der Waals surface area contributed by atoms with Crippen molar-refractivity contribution in [3.05, 3.63) is 23.8 Å². The SMILES string of the molecule is COc1ccc(C(=O)OCC(=O)N(C(C)C)C(C)C)cc1S(=O)(=O)NC1CC1. The molecule has 1 amide bonds. The topological polar surface area (TPSA) is 102 Å². The molecule has 1 aliphatic rings. The minimum atomic E-state index is -3.82. The Bertz CT molecular complexity index is 823. The zero-order valence-electron chi connectivity index (χ0n) is 16.9. The summed E-state index contributed by atoms with van der Waals surface area (Å²) in [6, 6.07) is 3.87. The van der Waals surface area contributed by atoms with Crippen molar-refractivity contribution in [3.8, 4) is 5.75 Å². The Kier molecular flexibility index (Phi) is 7.06. The zero-order valence-corrected chi connectivity index (χ0v) is 17.7. The van der Waals surface area contributed by atoms with Gasteiger partial charge in [0.2, 0.25) is 10.0 Å². The summed E-state index contributed by atoms with van der Waals surface area (Å²) in [6.45, 7) is 7.12. The van der Waals surface area contributed by atoms with Crippen LogP contribution in [0.5, 0.6) is 5.75 Å². The van der Waals surface area contributed by atoms with E-state index in [0.717, 1.165) is 12.8 Å². The van der Waals surface area contributed by atoms with Crippen molar-refractivity contribution >= 4 is 21.9 Å². The lowest BCUT2D eigenvalue weighted by molar-refractivity contribution is -0.138. The second-order valence-corrected chi connectivity index (χ2v) is 9.01. The molecule has 9 heteroatoms. The predicted molar refractivity (Wildman–Crippen MR) is 104 cm³/mol. The lowest BCUT2D eigenvalue weighted by Crippen LogP contribution is -2.44. The zero-order chi connectivity index (χ0) is 21.1. The number of ether oxygens (including phenoxy) is 2. The third-order valence-electron chi connectivity index (χ3n) is 4.32. The van der Waals surface area contributed by atoms with Crippen molar-refractivity contribution < 1.29 is 27.5 Å². The Morgan fingerprint density at radius 2 is 1.79 bits per heavy atom. The fraction of sp³-hybridized carbons (Fsp3) is 0.579. The third kappa shape index (κ3) is 5.45. The standard InChI is InChI=1S/C19H28N2O6S/c1-12(2)21(13(3)4)18(22)11-27-19(23)14-6-9-16(26-5)17(10-14)28(24,25)20-15-7-8-15/h6,9-10,12-13,15,20H,7-8,11H2,1-5H3. The molecular formula is C19H28N2O6S. The largest absolute Gasteiger partial charge is 0.495 e. The summed E-state index contributed by atoms with van der Waals surface area (Å²) in [5.41, 5.74) is 0.0328. The van der Waals surface area contributed by atoms with Crippen molar-refractivity contribution in [1.29, 1.82) is 0 Å². The summed E-state index contributed by atoms with van der Waals surface area (Å²) in [6.07, 6.45) is 1.57. The van der Waals surface area contributed by atoms with Crippen molar-refractivity contribution in [2.75, 3.05) is 13.7 Å². The first-order valence-electron chi connectivity index (χ1n) is 9.25. The fourth-order valence-corrected chi connectivity index (χ4v) is 4.46. The summed E-state index contributed by atoms with van der Waals surface area (Å²) in [4.78, 5) is 26.2. The predicted octanol–water partition coefficient (Wildman–Crippen LogP) is 1.94. The molecule has 2 rings (SSSR count). The lowest BCUT2D eigenvalue weighted by Gasteiger charge is -2.30. The highest BCUT2D eigenvalue weighted by molar-refractivity contribution is 7.89. The van der Waals surface area contributed by atoms with Gasteiger partial charge < -0.3 is 14.4 Å². The quantitative estimate of drug-likeness (QED) is 0.622. The van der Waals surface area contributed by atoms with Gasteiger partial charge in [-0.3, -0.25) is 4.79 Å². The van der Waals surface area contributed by atoms with Crippen LogP contribution in [0.3, 0.4) is 0 Å². The Hall–Kier alpha value is -2.13. The minimum Gasteiger partial charge on any atom is -0.495 e. The maximum absolute atomic E-state index is 12.5.